The van der Waals surface area contributed by atoms with E-state index in [0.717, 1.165) is 18.4 Å². The van der Waals surface area contributed by atoms with Crippen LogP contribution in [-0.4, -0.2) is 5.11 Å². The first-order chi connectivity index (χ1) is 5.22. The van der Waals surface area contributed by atoms with Crippen LogP contribution in [0.1, 0.15) is 18.4 Å². The number of benzene rings is 1. The van der Waals surface area contributed by atoms with Gasteiger partial charge in [-0.25, -0.2) is 0 Å². The van der Waals surface area contributed by atoms with Gasteiger partial charge in [0.15, 0.2) is 0 Å². The van der Waals surface area contributed by atoms with E-state index in [1.165, 1.54) is 0 Å². The molecule has 1 nitrogen and oxygen atoms in total. The Labute approximate surface area is 71.5 Å². The van der Waals surface area contributed by atoms with Crippen molar-refractivity contribution in [3.63, 3.8) is 0 Å². The van der Waals surface area contributed by atoms with Crippen LogP contribution in [0, 0.1) is 0 Å². The molecule has 1 aliphatic carbocycles. The molecule has 11 heavy (non-hydrogen) atoms. The van der Waals surface area contributed by atoms with Gasteiger partial charge in [-0.3, -0.25) is 0 Å². The van der Waals surface area contributed by atoms with Crippen LogP contribution in [0.15, 0.2) is 24.3 Å². The van der Waals surface area contributed by atoms with Gasteiger partial charge in [0, 0.05) is 10.3 Å². The quantitative estimate of drug-likeness (QED) is 0.613. The minimum atomic E-state index is -0.0225. The monoisotopic (exact) mass is 166 g/mol. The number of hydrogen-bond acceptors (Lipinski definition) is 2. The van der Waals surface area contributed by atoms with E-state index >= 15 is 0 Å². The maximum Gasteiger partial charge on any atom is 0.120 e. The van der Waals surface area contributed by atoms with Crippen LogP contribution in [0.4, 0.5) is 0 Å². The Morgan fingerprint density at radius 3 is 2.45 bits per heavy atom. The molecule has 0 amide bonds. The molecule has 0 bridgehead atoms. The summed E-state index contributed by atoms with van der Waals surface area (Å²) in [5.41, 5.74) is 0.975. The number of rotatable bonds is 1. The summed E-state index contributed by atoms with van der Waals surface area (Å²) in [6, 6.07) is 7.42. The third-order valence-corrected chi connectivity index (χ3v) is 2.82. The van der Waals surface area contributed by atoms with Gasteiger partial charge in [0.25, 0.3) is 0 Å². The second-order valence-electron chi connectivity index (χ2n) is 3.05. The lowest BCUT2D eigenvalue weighted by atomic mass is 10.1. The lowest BCUT2D eigenvalue weighted by molar-refractivity contribution is 0.467. The molecule has 1 aliphatic rings. The molecule has 0 unspecified atom stereocenters. The molecule has 0 spiro atoms. The summed E-state index contributed by atoms with van der Waals surface area (Å²) in [6.07, 6.45) is 2.15. The lowest BCUT2D eigenvalue weighted by Gasteiger charge is -2.08. The molecule has 1 fully saturated rings. The molecule has 0 aromatic heterocycles. The Balaban J connectivity index is 2.45. The SMILES string of the molecule is Oc1ccccc1C1(S)CC1. The topological polar surface area (TPSA) is 20.2 Å². The summed E-state index contributed by atoms with van der Waals surface area (Å²) >= 11 is 4.47. The molecule has 0 radical (unpaired) electrons. The molecule has 2 heteroatoms. The number of para-hydroxylation sites is 1. The Morgan fingerprint density at radius 1 is 1.27 bits per heavy atom. The number of phenols is 1. The lowest BCUT2D eigenvalue weighted by Crippen LogP contribution is -1.95. The molecule has 1 N–H and O–H groups in total. The standard InChI is InChI=1S/C9H10OS/c10-8-4-2-1-3-7(8)9(11)5-6-9/h1-4,10-11H,5-6H2. The summed E-state index contributed by atoms with van der Waals surface area (Å²) in [4.78, 5) is 0. The predicted molar refractivity (Wildman–Crippen MR) is 48.0 cm³/mol. The van der Waals surface area contributed by atoms with Gasteiger partial charge in [0.1, 0.15) is 5.75 Å². The van der Waals surface area contributed by atoms with Gasteiger partial charge in [0.2, 0.25) is 0 Å². The smallest absolute Gasteiger partial charge is 0.120 e. The van der Waals surface area contributed by atoms with E-state index in [1.54, 1.807) is 6.07 Å². The molecule has 58 valence electrons. The molecular formula is C9H10OS. The van der Waals surface area contributed by atoms with Gasteiger partial charge in [0.05, 0.1) is 0 Å². The van der Waals surface area contributed by atoms with Crippen molar-refractivity contribution in [1.29, 1.82) is 0 Å². The van der Waals surface area contributed by atoms with Crippen molar-refractivity contribution in [3.05, 3.63) is 29.8 Å². The van der Waals surface area contributed by atoms with Gasteiger partial charge in [-0.05, 0) is 18.9 Å². The Bertz CT molecular complexity index is 279. The number of aromatic hydroxyl groups is 1. The minimum Gasteiger partial charge on any atom is -0.508 e. The van der Waals surface area contributed by atoms with E-state index in [2.05, 4.69) is 12.6 Å². The third-order valence-electron chi connectivity index (χ3n) is 2.13. The zero-order valence-electron chi connectivity index (χ0n) is 6.12. The highest BCUT2D eigenvalue weighted by molar-refractivity contribution is 7.81. The predicted octanol–water partition coefficient (Wildman–Crippen LogP) is 2.31. The molecule has 1 saturated carbocycles. The summed E-state index contributed by atoms with van der Waals surface area (Å²) < 4.78 is -0.0225. The van der Waals surface area contributed by atoms with Gasteiger partial charge in [-0.15, -0.1) is 0 Å². The molecule has 0 saturated heterocycles. The van der Waals surface area contributed by atoms with Crippen LogP contribution in [0.3, 0.4) is 0 Å². The van der Waals surface area contributed by atoms with Crippen molar-refractivity contribution >= 4 is 12.6 Å². The second kappa shape index (κ2) is 2.18. The van der Waals surface area contributed by atoms with Crippen LogP contribution in [-0.2, 0) is 4.75 Å². The average Bonchev–Trinajstić information content (AvgIpc) is 2.70. The molecular weight excluding hydrogens is 156 g/mol. The van der Waals surface area contributed by atoms with Gasteiger partial charge >= 0.3 is 0 Å². The fourth-order valence-corrected chi connectivity index (χ4v) is 1.56. The zero-order valence-corrected chi connectivity index (χ0v) is 7.01. The van der Waals surface area contributed by atoms with E-state index in [0.29, 0.717) is 5.75 Å². The van der Waals surface area contributed by atoms with Crippen molar-refractivity contribution in [2.75, 3.05) is 0 Å². The maximum absolute atomic E-state index is 9.44. The Hall–Kier alpha value is -0.630. The fraction of sp³-hybridized carbons (Fsp3) is 0.333. The van der Waals surface area contributed by atoms with Crippen LogP contribution in [0.5, 0.6) is 5.75 Å². The van der Waals surface area contributed by atoms with Crippen LogP contribution in [0.2, 0.25) is 0 Å². The summed E-state index contributed by atoms with van der Waals surface area (Å²) in [5, 5.41) is 9.44. The normalized spacial score (nSPS) is 19.7. The summed E-state index contributed by atoms with van der Waals surface area (Å²) in [5.74, 6) is 0.375. The Morgan fingerprint density at radius 2 is 1.91 bits per heavy atom. The van der Waals surface area contributed by atoms with E-state index in [4.69, 9.17) is 0 Å². The highest BCUT2D eigenvalue weighted by Crippen LogP contribution is 2.53. The van der Waals surface area contributed by atoms with Crippen LogP contribution in [0.25, 0.3) is 0 Å². The molecule has 1 aromatic carbocycles. The number of phenolic OH excluding ortho intramolecular Hbond substituents is 1. The number of hydrogen-bond donors (Lipinski definition) is 2. The first-order valence-corrected chi connectivity index (χ1v) is 4.18. The van der Waals surface area contributed by atoms with Crippen molar-refractivity contribution < 1.29 is 5.11 Å². The summed E-state index contributed by atoms with van der Waals surface area (Å²) in [6.45, 7) is 0. The van der Waals surface area contributed by atoms with E-state index < -0.39 is 0 Å². The van der Waals surface area contributed by atoms with Crippen LogP contribution < -0.4 is 0 Å². The molecule has 0 atom stereocenters. The fourth-order valence-electron chi connectivity index (χ4n) is 1.25. The molecule has 2 rings (SSSR count). The highest BCUT2D eigenvalue weighted by atomic mass is 32.1. The maximum atomic E-state index is 9.44. The van der Waals surface area contributed by atoms with Gasteiger partial charge < -0.3 is 5.11 Å². The van der Waals surface area contributed by atoms with Crippen molar-refractivity contribution in [2.45, 2.75) is 17.6 Å². The first kappa shape index (κ1) is 7.04. The van der Waals surface area contributed by atoms with Crippen molar-refractivity contribution in [3.8, 4) is 5.75 Å². The van der Waals surface area contributed by atoms with Gasteiger partial charge in [-0.2, -0.15) is 12.6 Å². The van der Waals surface area contributed by atoms with E-state index in [9.17, 15) is 5.11 Å². The molecule has 1 aromatic rings. The van der Waals surface area contributed by atoms with Crippen molar-refractivity contribution in [1.82, 2.24) is 0 Å². The largest absolute Gasteiger partial charge is 0.508 e. The first-order valence-electron chi connectivity index (χ1n) is 3.73. The molecule has 0 aliphatic heterocycles. The molecule has 0 heterocycles. The highest BCUT2D eigenvalue weighted by Gasteiger charge is 2.42. The zero-order chi connectivity index (χ0) is 7.90. The summed E-state index contributed by atoms with van der Waals surface area (Å²) in [7, 11) is 0. The number of thiol groups is 1. The van der Waals surface area contributed by atoms with Crippen molar-refractivity contribution in [2.24, 2.45) is 0 Å². The Kier molecular flexibility index (Phi) is 1.39. The minimum absolute atomic E-state index is 0.0225. The van der Waals surface area contributed by atoms with E-state index in [1.807, 2.05) is 18.2 Å². The average molecular weight is 166 g/mol. The third kappa shape index (κ3) is 1.11. The van der Waals surface area contributed by atoms with Crippen LogP contribution >= 0.6 is 12.6 Å². The second-order valence-corrected chi connectivity index (χ2v) is 3.90. The van der Waals surface area contributed by atoms with Gasteiger partial charge in [-0.1, -0.05) is 18.2 Å². The van der Waals surface area contributed by atoms with E-state index in [-0.39, 0.29) is 4.75 Å².